The Balaban J connectivity index is 0.959. The first-order valence-electron chi connectivity index (χ1n) is 22.4. The minimum absolute atomic E-state index is 0.0181. The Morgan fingerprint density at radius 2 is 1.26 bits per heavy atom. The normalized spacial score (nSPS) is 19.5. The molecule has 5 aliphatic rings. The van der Waals surface area contributed by atoms with Gasteiger partial charge in [0, 0.05) is 56.1 Å². The summed E-state index contributed by atoms with van der Waals surface area (Å²) in [6, 6.07) is 56.7. The van der Waals surface area contributed by atoms with E-state index in [1.54, 1.807) is 0 Å². The number of allylic oxidation sites excluding steroid dienone is 8. The van der Waals surface area contributed by atoms with Crippen molar-refractivity contribution in [3.63, 3.8) is 0 Å². The van der Waals surface area contributed by atoms with Gasteiger partial charge in [0.1, 0.15) is 11.2 Å². The Labute approximate surface area is 363 Å². The van der Waals surface area contributed by atoms with E-state index in [0.717, 1.165) is 35.4 Å². The van der Waals surface area contributed by atoms with E-state index in [-0.39, 0.29) is 16.7 Å². The third kappa shape index (κ3) is 4.92. The first-order valence-corrected chi connectivity index (χ1v) is 22.4. The van der Waals surface area contributed by atoms with E-state index < -0.39 is 0 Å². The van der Waals surface area contributed by atoms with E-state index in [1.165, 1.54) is 94.4 Å². The molecule has 0 radical (unpaired) electrons. The number of furan rings is 1. The van der Waals surface area contributed by atoms with Crippen molar-refractivity contribution < 1.29 is 4.42 Å². The van der Waals surface area contributed by atoms with Gasteiger partial charge in [-0.3, -0.25) is 0 Å². The largest absolute Gasteiger partial charge is 0.455 e. The van der Waals surface area contributed by atoms with E-state index in [9.17, 15) is 0 Å². The van der Waals surface area contributed by atoms with Gasteiger partial charge in [0.25, 0.3) is 0 Å². The van der Waals surface area contributed by atoms with Crippen molar-refractivity contribution >= 4 is 44.5 Å². The maximum Gasteiger partial charge on any atom is 0.143 e. The molecule has 13 rings (SSSR count). The SMILES string of the molecule is CC1(C)C2=CC(c3ccc(N(C4=CC=C5c6ccccc6-c6ccccc6C5C4)c4ccc5c(c4)-c4c(ccc6c4oc4ccccc46)C5(C)C)cc3)=CCC2c2ccccc21. The Hall–Kier alpha value is -6.90. The van der Waals surface area contributed by atoms with Crippen LogP contribution in [0.1, 0.15) is 91.3 Å². The zero-order chi connectivity index (χ0) is 41.5. The van der Waals surface area contributed by atoms with Crippen LogP contribution in [0.5, 0.6) is 0 Å². The summed E-state index contributed by atoms with van der Waals surface area (Å²) < 4.78 is 6.75. The van der Waals surface area contributed by atoms with Gasteiger partial charge in [-0.2, -0.15) is 0 Å². The van der Waals surface area contributed by atoms with E-state index in [0.29, 0.717) is 5.92 Å². The number of anilines is 2. The fourth-order valence-corrected chi connectivity index (χ4v) is 12.2. The summed E-state index contributed by atoms with van der Waals surface area (Å²) in [7, 11) is 0. The summed E-state index contributed by atoms with van der Waals surface area (Å²) in [4.78, 5) is 2.53. The molecule has 298 valence electrons. The van der Waals surface area contributed by atoms with Crippen LogP contribution in [0.3, 0.4) is 0 Å². The Morgan fingerprint density at radius 1 is 0.548 bits per heavy atom. The molecule has 2 unspecified atom stereocenters. The van der Waals surface area contributed by atoms with Gasteiger partial charge in [-0.25, -0.2) is 0 Å². The molecule has 2 atom stereocenters. The van der Waals surface area contributed by atoms with Crippen molar-refractivity contribution in [3.8, 4) is 22.3 Å². The number of fused-ring (bicyclic) bond motifs is 16. The summed E-state index contributed by atoms with van der Waals surface area (Å²) in [5.74, 6) is 0.710. The average molecular weight is 798 g/mol. The minimum atomic E-state index is -0.166. The molecule has 0 bridgehead atoms. The van der Waals surface area contributed by atoms with Crippen LogP contribution in [0, 0.1) is 0 Å². The minimum Gasteiger partial charge on any atom is -0.455 e. The molecule has 0 N–H and O–H groups in total. The second-order valence-corrected chi connectivity index (χ2v) is 19.1. The van der Waals surface area contributed by atoms with Crippen LogP contribution in [0.25, 0.3) is 55.3 Å². The van der Waals surface area contributed by atoms with Crippen LogP contribution in [-0.4, -0.2) is 0 Å². The summed E-state index contributed by atoms with van der Waals surface area (Å²) in [6.45, 7) is 9.52. The van der Waals surface area contributed by atoms with E-state index >= 15 is 0 Å². The van der Waals surface area contributed by atoms with Crippen molar-refractivity contribution in [1.29, 1.82) is 0 Å². The lowest BCUT2D eigenvalue weighted by Crippen LogP contribution is -2.23. The van der Waals surface area contributed by atoms with Crippen molar-refractivity contribution in [3.05, 3.63) is 226 Å². The molecule has 2 heteroatoms. The highest BCUT2D eigenvalue weighted by Gasteiger charge is 2.42. The third-order valence-corrected chi connectivity index (χ3v) is 15.3. The molecule has 0 fully saturated rings. The fourth-order valence-electron chi connectivity index (χ4n) is 12.2. The van der Waals surface area contributed by atoms with E-state index in [1.807, 2.05) is 0 Å². The smallest absolute Gasteiger partial charge is 0.143 e. The van der Waals surface area contributed by atoms with Gasteiger partial charge in [0.2, 0.25) is 0 Å². The third-order valence-electron chi connectivity index (χ3n) is 15.3. The quantitative estimate of drug-likeness (QED) is 0.176. The zero-order valence-electron chi connectivity index (χ0n) is 35.7. The topological polar surface area (TPSA) is 16.4 Å². The predicted octanol–water partition coefficient (Wildman–Crippen LogP) is 16.0. The Morgan fingerprint density at radius 3 is 2.11 bits per heavy atom. The lowest BCUT2D eigenvalue weighted by atomic mass is 9.71. The first kappa shape index (κ1) is 35.8. The number of hydrogen-bond donors (Lipinski definition) is 0. The zero-order valence-corrected chi connectivity index (χ0v) is 35.7. The predicted molar refractivity (Wildman–Crippen MR) is 258 cm³/mol. The number of benzene rings is 7. The highest BCUT2D eigenvalue weighted by molar-refractivity contribution is 6.12. The molecular formula is C60H47NO. The molecule has 0 saturated heterocycles. The summed E-state index contributed by atoms with van der Waals surface area (Å²) in [6.07, 6.45) is 11.7. The molecule has 1 aromatic heterocycles. The van der Waals surface area contributed by atoms with Crippen molar-refractivity contribution in [2.75, 3.05) is 4.90 Å². The van der Waals surface area contributed by atoms with Gasteiger partial charge >= 0.3 is 0 Å². The summed E-state index contributed by atoms with van der Waals surface area (Å²) in [5.41, 5.74) is 24.4. The molecule has 0 aliphatic heterocycles. The first-order chi connectivity index (χ1) is 30.3. The second kappa shape index (κ2) is 12.8. The van der Waals surface area contributed by atoms with Crippen LogP contribution in [0.4, 0.5) is 11.4 Å². The van der Waals surface area contributed by atoms with E-state index in [2.05, 4.69) is 209 Å². The molecule has 0 spiro atoms. The highest BCUT2D eigenvalue weighted by atomic mass is 16.3. The van der Waals surface area contributed by atoms with Crippen molar-refractivity contribution in [1.82, 2.24) is 0 Å². The van der Waals surface area contributed by atoms with Crippen LogP contribution in [-0.2, 0) is 10.8 Å². The van der Waals surface area contributed by atoms with Crippen LogP contribution < -0.4 is 4.90 Å². The van der Waals surface area contributed by atoms with Crippen molar-refractivity contribution in [2.45, 2.75) is 63.2 Å². The summed E-state index contributed by atoms with van der Waals surface area (Å²) >= 11 is 0. The second-order valence-electron chi connectivity index (χ2n) is 19.1. The number of para-hydroxylation sites is 1. The molecule has 0 amide bonds. The maximum absolute atomic E-state index is 6.75. The molecule has 2 nitrogen and oxygen atoms in total. The van der Waals surface area contributed by atoms with Crippen molar-refractivity contribution in [2.24, 2.45) is 0 Å². The van der Waals surface area contributed by atoms with E-state index in [4.69, 9.17) is 4.42 Å². The average Bonchev–Trinajstić information content (AvgIpc) is 3.89. The maximum atomic E-state index is 6.75. The fraction of sp³-hybridized carbons (Fsp3) is 0.167. The summed E-state index contributed by atoms with van der Waals surface area (Å²) in [5, 5.41) is 2.34. The molecule has 1 heterocycles. The molecule has 0 saturated carbocycles. The number of nitrogens with zero attached hydrogens (tertiary/aromatic N) is 1. The van der Waals surface area contributed by atoms with Gasteiger partial charge < -0.3 is 9.32 Å². The lowest BCUT2D eigenvalue weighted by molar-refractivity contribution is 0.613. The standard InChI is InChI=1S/C60H47NO/c1-59(2)53-31-27-40(35-51(53)57-54(59)32-30-49-48-18-10-12-20-56(48)62-58(49)57)61(39-26-29-45-43-15-6-5-13-41(43)42-14-7-8-16-44(42)50(45)34-39)38-24-21-36(22-25-38)37-23-28-47-46-17-9-11-19-52(46)60(3,4)55(47)33-37/h5-27,29-33,35,47,50H,28,34H2,1-4H3. The number of hydrogen-bond acceptors (Lipinski definition) is 2. The van der Waals surface area contributed by atoms with Gasteiger partial charge in [0.15, 0.2) is 0 Å². The molecule has 7 aromatic carbocycles. The van der Waals surface area contributed by atoms with Crippen LogP contribution >= 0.6 is 0 Å². The lowest BCUT2D eigenvalue weighted by Gasteiger charge is -2.37. The van der Waals surface area contributed by atoms with Gasteiger partial charge in [0.05, 0.1) is 0 Å². The monoisotopic (exact) mass is 797 g/mol. The molecule has 8 aromatic rings. The molecule has 5 aliphatic carbocycles. The van der Waals surface area contributed by atoms with Gasteiger partial charge in [-0.1, -0.05) is 173 Å². The van der Waals surface area contributed by atoms with Gasteiger partial charge in [-0.15, -0.1) is 0 Å². The van der Waals surface area contributed by atoms with Gasteiger partial charge in [-0.05, 0) is 116 Å². The van der Waals surface area contributed by atoms with Crippen LogP contribution in [0.15, 0.2) is 192 Å². The Kier molecular flexibility index (Phi) is 7.40. The highest BCUT2D eigenvalue weighted by Crippen LogP contribution is 2.57. The number of rotatable bonds is 4. The van der Waals surface area contributed by atoms with Crippen LogP contribution in [0.2, 0.25) is 0 Å². The Bertz CT molecular complexity index is 3360. The molecular weight excluding hydrogens is 751 g/mol. The molecule has 62 heavy (non-hydrogen) atoms.